The van der Waals surface area contributed by atoms with Crippen LogP contribution in [0.25, 0.3) is 11.1 Å². The Kier molecular flexibility index (Phi) is 4.66. The number of thiol groups is 1. The minimum Gasteiger partial charge on any atom is -0.250 e. The Hall–Kier alpha value is -0.720. The average molecular weight is 398 g/mol. The zero-order chi connectivity index (χ0) is 14.9. The van der Waals surface area contributed by atoms with Crippen molar-refractivity contribution < 1.29 is 0 Å². The third-order valence-electron chi connectivity index (χ3n) is 3.29. The lowest BCUT2D eigenvalue weighted by molar-refractivity contribution is 0.590. The average Bonchev–Trinajstić information content (AvgIpc) is 2.38. The van der Waals surface area contributed by atoms with Gasteiger partial charge in [-0.1, -0.05) is 51.1 Å². The van der Waals surface area contributed by atoms with E-state index < -0.39 is 0 Å². The van der Waals surface area contributed by atoms with Crippen molar-refractivity contribution in [2.45, 2.75) is 31.1 Å². The molecule has 0 aliphatic carbocycles. The molecule has 0 amide bonds. The predicted molar refractivity (Wildman–Crippen MR) is 98.5 cm³/mol. The summed E-state index contributed by atoms with van der Waals surface area (Å²) in [5, 5.41) is 0. The fourth-order valence-corrected chi connectivity index (χ4v) is 2.87. The Balaban J connectivity index is 2.40. The van der Waals surface area contributed by atoms with Crippen molar-refractivity contribution in [2.75, 3.05) is 3.22 Å². The monoisotopic (exact) mass is 398 g/mol. The number of hydrogen-bond acceptors (Lipinski definition) is 3. The number of hydrogen-bond donors (Lipinski definition) is 2. The molecule has 0 aliphatic rings. The van der Waals surface area contributed by atoms with Gasteiger partial charge in [-0.15, -0.1) is 12.6 Å². The molecule has 2 N–H and O–H groups in total. The number of nitrogens with zero attached hydrogens (tertiary/aromatic N) is 1. The molecule has 4 heteroatoms. The fraction of sp³-hybridized carbons (Fsp3) is 0.250. The van der Waals surface area contributed by atoms with Gasteiger partial charge in [0.2, 0.25) is 0 Å². The van der Waals surface area contributed by atoms with Gasteiger partial charge in [0.15, 0.2) is 0 Å². The summed E-state index contributed by atoms with van der Waals surface area (Å²) in [5.74, 6) is 5.81. The smallest absolute Gasteiger partial charge is 0.0770 e. The van der Waals surface area contributed by atoms with Crippen LogP contribution in [0.1, 0.15) is 26.3 Å². The van der Waals surface area contributed by atoms with E-state index in [9.17, 15) is 0 Å². The molecule has 0 atom stereocenters. The van der Waals surface area contributed by atoms with Crippen LogP contribution < -0.4 is 9.06 Å². The summed E-state index contributed by atoms with van der Waals surface area (Å²) in [4.78, 5) is 0.872. The standard InChI is InChI=1S/C16H19IN2S/c1-16(2,3)13-7-4-11(5-8-13)12-6-9-15(20)14(10-12)19(17)18/h4-10,20H,18H2,1-3H3. The zero-order valence-corrected chi connectivity index (χ0v) is 14.9. The Bertz CT molecular complexity index is 601. The van der Waals surface area contributed by atoms with E-state index in [0.717, 1.165) is 16.1 Å². The second-order valence-electron chi connectivity index (χ2n) is 5.84. The van der Waals surface area contributed by atoms with Crippen molar-refractivity contribution in [2.24, 2.45) is 5.84 Å². The quantitative estimate of drug-likeness (QED) is 0.246. The molecule has 2 nitrogen and oxygen atoms in total. The third-order valence-corrected chi connectivity index (χ3v) is 4.19. The topological polar surface area (TPSA) is 29.3 Å². The van der Waals surface area contributed by atoms with Gasteiger partial charge in [-0.2, -0.15) is 0 Å². The van der Waals surface area contributed by atoms with Crippen molar-refractivity contribution in [3.05, 3.63) is 48.0 Å². The van der Waals surface area contributed by atoms with Crippen LogP contribution in [-0.4, -0.2) is 0 Å². The summed E-state index contributed by atoms with van der Waals surface area (Å²) in [7, 11) is 0. The second kappa shape index (κ2) is 5.95. The van der Waals surface area contributed by atoms with Gasteiger partial charge in [-0.3, -0.25) is 0 Å². The second-order valence-corrected chi connectivity index (χ2v) is 7.36. The fourth-order valence-electron chi connectivity index (χ4n) is 2.04. The maximum atomic E-state index is 5.81. The highest BCUT2D eigenvalue weighted by Gasteiger charge is 2.13. The first-order valence-electron chi connectivity index (χ1n) is 6.43. The van der Waals surface area contributed by atoms with Crippen molar-refractivity contribution in [3.8, 4) is 11.1 Å². The largest absolute Gasteiger partial charge is 0.250 e. The lowest BCUT2D eigenvalue weighted by Gasteiger charge is -2.19. The van der Waals surface area contributed by atoms with E-state index in [2.05, 4.69) is 69.8 Å². The lowest BCUT2D eigenvalue weighted by atomic mass is 9.86. The van der Waals surface area contributed by atoms with Crippen molar-refractivity contribution in [1.29, 1.82) is 0 Å². The van der Waals surface area contributed by atoms with Gasteiger partial charge in [0.05, 0.1) is 28.6 Å². The van der Waals surface area contributed by atoms with Crippen molar-refractivity contribution in [3.63, 3.8) is 0 Å². The molecule has 0 spiro atoms. The van der Waals surface area contributed by atoms with Gasteiger partial charge in [-0.05, 0) is 34.2 Å². The van der Waals surface area contributed by atoms with Crippen molar-refractivity contribution in [1.82, 2.24) is 0 Å². The molecule has 0 aliphatic heterocycles. The highest BCUT2D eigenvalue weighted by atomic mass is 127. The summed E-state index contributed by atoms with van der Waals surface area (Å²) in [5.41, 5.74) is 4.75. The normalized spacial score (nSPS) is 11.5. The van der Waals surface area contributed by atoms with E-state index in [4.69, 9.17) is 5.84 Å². The molecule has 0 fully saturated rings. The summed E-state index contributed by atoms with van der Waals surface area (Å²) in [6.45, 7) is 6.66. The molecule has 20 heavy (non-hydrogen) atoms. The molecule has 106 valence electrons. The van der Waals surface area contributed by atoms with Crippen LogP contribution in [0.2, 0.25) is 0 Å². The molecule has 2 rings (SSSR count). The van der Waals surface area contributed by atoms with E-state index in [0.29, 0.717) is 0 Å². The van der Waals surface area contributed by atoms with Gasteiger partial charge >= 0.3 is 0 Å². The van der Waals surface area contributed by atoms with Crippen LogP contribution in [0.3, 0.4) is 0 Å². The number of nitrogens with two attached hydrogens (primary N) is 1. The van der Waals surface area contributed by atoms with Crippen LogP contribution in [0.15, 0.2) is 47.4 Å². The van der Waals surface area contributed by atoms with E-state index in [1.807, 2.05) is 28.9 Å². The number of halogens is 1. The summed E-state index contributed by atoms with van der Waals surface area (Å²) in [6.07, 6.45) is 0. The summed E-state index contributed by atoms with van der Waals surface area (Å²) in [6, 6.07) is 14.8. The van der Waals surface area contributed by atoms with E-state index in [-0.39, 0.29) is 5.41 Å². The van der Waals surface area contributed by atoms with Crippen LogP contribution >= 0.6 is 35.5 Å². The molecule has 0 saturated carbocycles. The van der Waals surface area contributed by atoms with E-state index >= 15 is 0 Å². The molecule has 0 bridgehead atoms. The Labute approximate surface area is 140 Å². The minimum absolute atomic E-state index is 0.176. The molecule has 2 aromatic carbocycles. The van der Waals surface area contributed by atoms with Gasteiger partial charge in [0, 0.05) is 4.90 Å². The predicted octanol–water partition coefficient (Wildman–Crippen LogP) is 4.97. The number of benzene rings is 2. The van der Waals surface area contributed by atoms with Gasteiger partial charge < -0.3 is 0 Å². The number of rotatable bonds is 2. The van der Waals surface area contributed by atoms with Gasteiger partial charge in [-0.25, -0.2) is 9.06 Å². The first kappa shape index (κ1) is 15.7. The highest BCUT2D eigenvalue weighted by Crippen LogP contribution is 2.31. The highest BCUT2D eigenvalue weighted by molar-refractivity contribution is 14.1. The van der Waals surface area contributed by atoms with Crippen LogP contribution in [-0.2, 0) is 5.41 Å². The number of hydrazine groups is 1. The molecule has 0 radical (unpaired) electrons. The third kappa shape index (κ3) is 3.48. The maximum Gasteiger partial charge on any atom is 0.0770 e. The lowest BCUT2D eigenvalue weighted by Crippen LogP contribution is -2.17. The van der Waals surface area contributed by atoms with E-state index in [1.165, 1.54) is 11.1 Å². The molecular formula is C16H19IN2S. The Morgan fingerprint density at radius 2 is 1.55 bits per heavy atom. The van der Waals surface area contributed by atoms with Crippen LogP contribution in [0.4, 0.5) is 5.69 Å². The molecule has 0 heterocycles. The SMILES string of the molecule is CC(C)(C)c1ccc(-c2ccc(S)c(N(N)I)c2)cc1. The van der Waals surface area contributed by atoms with Crippen LogP contribution in [0, 0.1) is 0 Å². The van der Waals surface area contributed by atoms with E-state index in [1.54, 1.807) is 3.22 Å². The first-order valence-corrected chi connectivity index (χ1v) is 7.85. The first-order chi connectivity index (χ1) is 9.29. The molecule has 0 saturated heterocycles. The van der Waals surface area contributed by atoms with Crippen LogP contribution in [0.5, 0.6) is 0 Å². The molecule has 0 aromatic heterocycles. The summed E-state index contributed by atoms with van der Waals surface area (Å²) >= 11 is 6.47. The molecular weight excluding hydrogens is 379 g/mol. The summed E-state index contributed by atoms with van der Waals surface area (Å²) < 4.78 is 1.56. The number of anilines is 1. The minimum atomic E-state index is 0.176. The Morgan fingerprint density at radius 1 is 1.00 bits per heavy atom. The van der Waals surface area contributed by atoms with Gasteiger partial charge in [0.25, 0.3) is 0 Å². The maximum absolute atomic E-state index is 5.81. The Morgan fingerprint density at radius 3 is 2.05 bits per heavy atom. The zero-order valence-electron chi connectivity index (χ0n) is 11.9. The van der Waals surface area contributed by atoms with Crippen molar-refractivity contribution >= 4 is 41.2 Å². The van der Waals surface area contributed by atoms with Gasteiger partial charge in [0.1, 0.15) is 0 Å². The molecule has 0 unspecified atom stereocenters. The molecule has 2 aromatic rings.